The average Bonchev–Trinajstić information content (AvgIpc) is 2.50. The third kappa shape index (κ3) is 4.61. The molecule has 1 amide bonds. The maximum Gasteiger partial charge on any atom is 0.337 e. The minimum atomic E-state index is -1.05. The predicted octanol–water partition coefficient (Wildman–Crippen LogP) is 4.35. The van der Waals surface area contributed by atoms with Crippen LogP contribution in [0.5, 0.6) is 0 Å². The maximum atomic E-state index is 11.7. The first-order valence-electron chi connectivity index (χ1n) is 6.76. The molecule has 0 aliphatic rings. The van der Waals surface area contributed by atoms with Gasteiger partial charge in [-0.2, -0.15) is 0 Å². The van der Waals surface area contributed by atoms with Gasteiger partial charge in [-0.25, -0.2) is 4.79 Å². The summed E-state index contributed by atoms with van der Waals surface area (Å²) in [6.45, 7) is 0. The third-order valence-electron chi connectivity index (χ3n) is 3.00. The Morgan fingerprint density at radius 2 is 1.78 bits per heavy atom. The lowest BCUT2D eigenvalue weighted by atomic mass is 10.1. The molecular formula is C16H14Cl2N2O3. The van der Waals surface area contributed by atoms with Crippen molar-refractivity contribution in [1.82, 2.24) is 0 Å². The summed E-state index contributed by atoms with van der Waals surface area (Å²) in [5.74, 6) is -1.08. The standard InChI is InChI=1S/C16H14Cl2N2O3/c17-8-7-15(21)20-13-6-5-10(18)9-14(13)19-12-4-2-1-3-11(12)16(22)23/h1-6,9,19H,7-8H2,(H,20,21)(H,22,23). The normalized spacial score (nSPS) is 10.2. The molecule has 0 spiro atoms. The minimum Gasteiger partial charge on any atom is -0.478 e. The van der Waals surface area contributed by atoms with Crippen LogP contribution in [0.4, 0.5) is 17.1 Å². The van der Waals surface area contributed by atoms with E-state index in [1.807, 2.05) is 0 Å². The van der Waals surface area contributed by atoms with Crippen molar-refractivity contribution in [3.05, 3.63) is 53.1 Å². The van der Waals surface area contributed by atoms with Crippen LogP contribution >= 0.6 is 23.2 Å². The van der Waals surface area contributed by atoms with E-state index in [9.17, 15) is 14.7 Å². The van der Waals surface area contributed by atoms with Crippen LogP contribution in [0.2, 0.25) is 5.02 Å². The number of nitrogens with one attached hydrogen (secondary N) is 2. The smallest absolute Gasteiger partial charge is 0.337 e. The fourth-order valence-corrected chi connectivity index (χ4v) is 2.29. The number of hydrogen-bond acceptors (Lipinski definition) is 3. The number of hydrogen-bond donors (Lipinski definition) is 3. The summed E-state index contributed by atoms with van der Waals surface area (Å²) in [4.78, 5) is 23.0. The Morgan fingerprint density at radius 1 is 1.04 bits per heavy atom. The lowest BCUT2D eigenvalue weighted by Gasteiger charge is -2.15. The van der Waals surface area contributed by atoms with E-state index in [4.69, 9.17) is 23.2 Å². The third-order valence-corrected chi connectivity index (χ3v) is 3.43. The molecule has 0 radical (unpaired) electrons. The van der Waals surface area contributed by atoms with Gasteiger partial charge in [-0.3, -0.25) is 4.79 Å². The highest BCUT2D eigenvalue weighted by Crippen LogP contribution is 2.30. The fourth-order valence-electron chi connectivity index (χ4n) is 1.95. The number of anilines is 3. The van der Waals surface area contributed by atoms with Gasteiger partial charge in [0.2, 0.25) is 5.91 Å². The number of rotatable bonds is 6. The molecule has 0 aliphatic heterocycles. The molecular weight excluding hydrogens is 339 g/mol. The number of para-hydroxylation sites is 1. The zero-order valence-corrected chi connectivity index (χ0v) is 13.5. The molecule has 3 N–H and O–H groups in total. The Balaban J connectivity index is 2.34. The maximum absolute atomic E-state index is 11.7. The lowest BCUT2D eigenvalue weighted by Crippen LogP contribution is -2.13. The monoisotopic (exact) mass is 352 g/mol. The molecule has 0 bridgehead atoms. The van der Waals surface area contributed by atoms with Crippen LogP contribution in [-0.2, 0) is 4.79 Å². The van der Waals surface area contributed by atoms with Gasteiger partial charge in [-0.1, -0.05) is 23.7 Å². The number of halogens is 2. The largest absolute Gasteiger partial charge is 0.478 e. The summed E-state index contributed by atoms with van der Waals surface area (Å²) in [6, 6.07) is 11.3. The van der Waals surface area contributed by atoms with Crippen LogP contribution < -0.4 is 10.6 Å². The van der Waals surface area contributed by atoms with Gasteiger partial charge < -0.3 is 15.7 Å². The van der Waals surface area contributed by atoms with Gasteiger partial charge in [0.1, 0.15) is 0 Å². The van der Waals surface area contributed by atoms with Crippen LogP contribution in [0.3, 0.4) is 0 Å². The van der Waals surface area contributed by atoms with E-state index in [1.165, 1.54) is 6.07 Å². The van der Waals surface area contributed by atoms with Crippen molar-refractivity contribution in [1.29, 1.82) is 0 Å². The fraction of sp³-hybridized carbons (Fsp3) is 0.125. The van der Waals surface area contributed by atoms with Crippen molar-refractivity contribution in [3.8, 4) is 0 Å². The van der Waals surface area contributed by atoms with Crippen molar-refractivity contribution in [2.45, 2.75) is 6.42 Å². The molecule has 0 heterocycles. The molecule has 2 aromatic carbocycles. The van der Waals surface area contributed by atoms with E-state index in [0.717, 1.165) is 0 Å². The molecule has 0 saturated heterocycles. The predicted molar refractivity (Wildman–Crippen MR) is 92.1 cm³/mol. The van der Waals surface area contributed by atoms with Crippen molar-refractivity contribution in [2.75, 3.05) is 16.5 Å². The molecule has 5 nitrogen and oxygen atoms in total. The molecule has 7 heteroatoms. The van der Waals surface area contributed by atoms with Crippen LogP contribution in [0.1, 0.15) is 16.8 Å². The molecule has 2 rings (SSSR count). The van der Waals surface area contributed by atoms with Gasteiger partial charge in [-0.15, -0.1) is 11.6 Å². The summed E-state index contributed by atoms with van der Waals surface area (Å²) in [6.07, 6.45) is 0.176. The van der Waals surface area contributed by atoms with Crippen molar-refractivity contribution in [2.24, 2.45) is 0 Å². The van der Waals surface area contributed by atoms with Gasteiger partial charge in [-0.05, 0) is 30.3 Å². The summed E-state index contributed by atoms with van der Waals surface area (Å²) < 4.78 is 0. The van der Waals surface area contributed by atoms with E-state index in [0.29, 0.717) is 22.1 Å². The van der Waals surface area contributed by atoms with E-state index in [2.05, 4.69) is 10.6 Å². The average molecular weight is 353 g/mol. The first kappa shape index (κ1) is 17.1. The Labute approximate surface area is 143 Å². The lowest BCUT2D eigenvalue weighted by molar-refractivity contribution is -0.115. The molecule has 0 unspecified atom stereocenters. The first-order chi connectivity index (χ1) is 11.0. The number of amides is 1. The summed E-state index contributed by atoms with van der Waals surface area (Å²) in [5.41, 5.74) is 1.50. The van der Waals surface area contributed by atoms with Crippen LogP contribution in [0.25, 0.3) is 0 Å². The van der Waals surface area contributed by atoms with Gasteiger partial charge >= 0.3 is 5.97 Å². The number of benzene rings is 2. The van der Waals surface area contributed by atoms with Crippen LogP contribution in [0, 0.1) is 0 Å². The number of carboxylic acids is 1. The topological polar surface area (TPSA) is 78.4 Å². The Bertz CT molecular complexity index is 735. The zero-order valence-electron chi connectivity index (χ0n) is 12.0. The number of aromatic carboxylic acids is 1. The molecule has 120 valence electrons. The van der Waals surface area contributed by atoms with Gasteiger partial charge in [0.15, 0.2) is 0 Å². The number of alkyl halides is 1. The van der Waals surface area contributed by atoms with Crippen molar-refractivity contribution >= 4 is 52.1 Å². The highest BCUT2D eigenvalue weighted by molar-refractivity contribution is 6.31. The second kappa shape index (κ2) is 7.85. The summed E-state index contributed by atoms with van der Waals surface area (Å²) in [7, 11) is 0. The molecule has 0 atom stereocenters. The van der Waals surface area contributed by atoms with Crippen molar-refractivity contribution < 1.29 is 14.7 Å². The second-order valence-corrected chi connectivity index (χ2v) is 5.47. The zero-order chi connectivity index (χ0) is 16.8. The molecule has 23 heavy (non-hydrogen) atoms. The van der Waals surface area contributed by atoms with Crippen LogP contribution in [-0.4, -0.2) is 22.9 Å². The minimum absolute atomic E-state index is 0.116. The second-order valence-electron chi connectivity index (χ2n) is 4.65. The Morgan fingerprint density at radius 3 is 2.48 bits per heavy atom. The number of carbonyl (C=O) groups is 2. The van der Waals surface area contributed by atoms with Gasteiger partial charge in [0, 0.05) is 17.3 Å². The van der Waals surface area contributed by atoms with Crippen molar-refractivity contribution in [3.63, 3.8) is 0 Å². The molecule has 0 aromatic heterocycles. The number of carbonyl (C=O) groups excluding carboxylic acids is 1. The van der Waals surface area contributed by atoms with E-state index < -0.39 is 5.97 Å². The van der Waals surface area contributed by atoms with Gasteiger partial charge in [0.25, 0.3) is 0 Å². The Kier molecular flexibility index (Phi) is 5.84. The molecule has 0 saturated carbocycles. The highest BCUT2D eigenvalue weighted by Gasteiger charge is 2.12. The SMILES string of the molecule is O=C(CCCl)Nc1ccc(Cl)cc1Nc1ccccc1C(=O)O. The van der Waals surface area contributed by atoms with Crippen LogP contribution in [0.15, 0.2) is 42.5 Å². The highest BCUT2D eigenvalue weighted by atomic mass is 35.5. The summed E-state index contributed by atoms with van der Waals surface area (Å²) in [5, 5.41) is 15.4. The molecule has 0 aliphatic carbocycles. The van der Waals surface area contributed by atoms with E-state index in [-0.39, 0.29) is 23.8 Å². The van der Waals surface area contributed by atoms with Gasteiger partial charge in [0.05, 0.1) is 22.6 Å². The van der Waals surface area contributed by atoms with E-state index in [1.54, 1.807) is 36.4 Å². The summed E-state index contributed by atoms with van der Waals surface area (Å²) >= 11 is 11.5. The molecule has 2 aromatic rings. The first-order valence-corrected chi connectivity index (χ1v) is 7.67. The van der Waals surface area contributed by atoms with E-state index >= 15 is 0 Å². The quantitative estimate of drug-likeness (QED) is 0.675. The molecule has 0 fully saturated rings. The number of carboxylic acid groups (broad SMARTS) is 1. The Hall–Kier alpha value is -2.24.